The Morgan fingerprint density at radius 1 is 1.03 bits per heavy atom. The van der Waals surface area contributed by atoms with Crippen molar-refractivity contribution in [2.75, 3.05) is 31.1 Å². The number of rotatable bonds is 3. The fraction of sp³-hybridized carbons (Fsp3) is 0.364. The molecule has 0 bridgehead atoms. The lowest BCUT2D eigenvalue weighted by Crippen LogP contribution is -2.49. The molecule has 5 rings (SSSR count). The number of piperazine rings is 1. The Bertz CT molecular complexity index is 1180. The van der Waals surface area contributed by atoms with E-state index in [0.717, 1.165) is 36.9 Å². The van der Waals surface area contributed by atoms with Gasteiger partial charge in [0.05, 0.1) is 5.69 Å². The number of fused-ring (bicyclic) bond motifs is 1. The number of hydrogen-bond donors (Lipinski definition) is 1. The molecule has 9 heteroatoms. The molecule has 8 nitrogen and oxygen atoms in total. The highest BCUT2D eigenvalue weighted by molar-refractivity contribution is 6.30. The van der Waals surface area contributed by atoms with E-state index < -0.39 is 0 Å². The van der Waals surface area contributed by atoms with Crippen molar-refractivity contribution < 1.29 is 4.79 Å². The largest absolute Gasteiger partial charge is 0.352 e. The van der Waals surface area contributed by atoms with Crippen LogP contribution in [-0.4, -0.2) is 57.0 Å². The maximum Gasteiger partial charge on any atom is 0.274 e. The highest BCUT2D eigenvalue weighted by Gasteiger charge is 2.28. The average molecular weight is 439 g/mol. The molecule has 3 heterocycles. The smallest absolute Gasteiger partial charge is 0.274 e. The standard InChI is InChI=1S/C22H23ClN6O2/c23-15-4-3-5-16(14-15)29-20(30)9-8-19(26-29)27-10-12-28(13-11-27)22(31)21-17-6-1-2-7-18(17)24-25-21/h3-5,8-9,14H,1-2,6-7,10-13H2,(H,24,25). The van der Waals surface area contributed by atoms with Crippen molar-refractivity contribution in [1.82, 2.24) is 24.9 Å². The monoisotopic (exact) mass is 438 g/mol. The summed E-state index contributed by atoms with van der Waals surface area (Å²) in [5.74, 6) is 0.694. The molecule has 160 valence electrons. The minimum absolute atomic E-state index is 0.00379. The first-order valence-electron chi connectivity index (χ1n) is 10.6. The van der Waals surface area contributed by atoms with Gasteiger partial charge >= 0.3 is 0 Å². The van der Waals surface area contributed by atoms with Crippen LogP contribution in [0.5, 0.6) is 0 Å². The molecule has 3 aromatic rings. The maximum absolute atomic E-state index is 13.0. The van der Waals surface area contributed by atoms with Crippen molar-refractivity contribution >= 4 is 23.3 Å². The third kappa shape index (κ3) is 3.83. The molecule has 1 aliphatic heterocycles. The van der Waals surface area contributed by atoms with Gasteiger partial charge in [0.2, 0.25) is 0 Å². The van der Waals surface area contributed by atoms with Gasteiger partial charge in [0.1, 0.15) is 5.82 Å². The Morgan fingerprint density at radius 3 is 2.65 bits per heavy atom. The first kappa shape index (κ1) is 19.8. The molecule has 2 aliphatic rings. The van der Waals surface area contributed by atoms with Gasteiger partial charge in [-0.2, -0.15) is 9.78 Å². The number of aromatic amines is 1. The second-order valence-corrected chi connectivity index (χ2v) is 8.37. The van der Waals surface area contributed by atoms with E-state index in [1.807, 2.05) is 4.90 Å². The summed E-state index contributed by atoms with van der Waals surface area (Å²) in [5, 5.41) is 12.5. The van der Waals surface area contributed by atoms with Gasteiger partial charge in [0.25, 0.3) is 11.5 Å². The number of benzene rings is 1. The average Bonchev–Trinajstić information content (AvgIpc) is 3.23. The third-order valence-corrected chi connectivity index (χ3v) is 6.22. The van der Waals surface area contributed by atoms with Gasteiger partial charge in [-0.3, -0.25) is 14.7 Å². The summed E-state index contributed by atoms with van der Waals surface area (Å²) in [6, 6.07) is 10.3. The topological polar surface area (TPSA) is 87.1 Å². The van der Waals surface area contributed by atoms with Crippen LogP contribution in [-0.2, 0) is 12.8 Å². The minimum atomic E-state index is -0.219. The van der Waals surface area contributed by atoms with Gasteiger partial charge in [0.15, 0.2) is 5.69 Å². The van der Waals surface area contributed by atoms with Gasteiger partial charge in [-0.05, 0) is 49.9 Å². The van der Waals surface area contributed by atoms with Crippen molar-refractivity contribution in [3.63, 3.8) is 0 Å². The molecule has 1 fully saturated rings. The minimum Gasteiger partial charge on any atom is -0.352 e. The quantitative estimate of drug-likeness (QED) is 0.678. The van der Waals surface area contributed by atoms with Crippen LogP contribution in [0.3, 0.4) is 0 Å². The van der Waals surface area contributed by atoms with Crippen molar-refractivity contribution in [1.29, 1.82) is 0 Å². The maximum atomic E-state index is 13.0. The zero-order valence-electron chi connectivity index (χ0n) is 17.1. The molecule has 1 amide bonds. The van der Waals surface area contributed by atoms with E-state index in [2.05, 4.69) is 20.2 Å². The van der Waals surface area contributed by atoms with Crippen LogP contribution in [0, 0.1) is 0 Å². The number of hydrogen-bond acceptors (Lipinski definition) is 5. The summed E-state index contributed by atoms with van der Waals surface area (Å²) < 4.78 is 1.36. The molecule has 0 radical (unpaired) electrons. The fourth-order valence-electron chi connectivity index (χ4n) is 4.31. The molecular weight excluding hydrogens is 416 g/mol. The van der Waals surface area contributed by atoms with Crippen molar-refractivity contribution in [3.05, 3.63) is 68.7 Å². The highest BCUT2D eigenvalue weighted by atomic mass is 35.5. The number of anilines is 1. The summed E-state index contributed by atoms with van der Waals surface area (Å²) in [4.78, 5) is 29.3. The third-order valence-electron chi connectivity index (χ3n) is 5.99. The van der Waals surface area contributed by atoms with E-state index in [-0.39, 0.29) is 11.5 Å². The van der Waals surface area contributed by atoms with Crippen molar-refractivity contribution in [3.8, 4) is 5.69 Å². The first-order valence-corrected chi connectivity index (χ1v) is 10.9. The number of amides is 1. The molecule has 1 N–H and O–H groups in total. The lowest BCUT2D eigenvalue weighted by atomic mass is 9.95. The van der Waals surface area contributed by atoms with Crippen LogP contribution in [0.4, 0.5) is 5.82 Å². The number of nitrogens with zero attached hydrogens (tertiary/aromatic N) is 5. The summed E-state index contributed by atoms with van der Waals surface area (Å²) in [6.45, 7) is 2.44. The van der Waals surface area contributed by atoms with E-state index in [4.69, 9.17) is 11.6 Å². The molecule has 0 spiro atoms. The number of aromatic nitrogens is 4. The van der Waals surface area contributed by atoms with Crippen molar-refractivity contribution in [2.24, 2.45) is 0 Å². The van der Waals surface area contributed by atoms with Crippen LogP contribution in [0.25, 0.3) is 5.69 Å². The van der Waals surface area contributed by atoms with Gasteiger partial charge in [-0.25, -0.2) is 0 Å². The Kier molecular flexibility index (Phi) is 5.23. The molecule has 0 saturated carbocycles. The molecule has 1 aromatic carbocycles. The number of halogens is 1. The Hall–Kier alpha value is -3.13. The van der Waals surface area contributed by atoms with Gasteiger partial charge in [-0.15, -0.1) is 5.10 Å². The zero-order valence-corrected chi connectivity index (χ0v) is 17.8. The van der Waals surface area contributed by atoms with Crippen LogP contribution < -0.4 is 10.5 Å². The molecule has 1 aliphatic carbocycles. The SMILES string of the molecule is O=C(c1n[nH]c2c1CCCC2)N1CCN(c2ccc(=O)n(-c3cccc(Cl)c3)n2)CC1. The summed E-state index contributed by atoms with van der Waals surface area (Å²) >= 11 is 6.07. The Balaban J connectivity index is 1.31. The second-order valence-electron chi connectivity index (χ2n) is 7.94. The highest BCUT2D eigenvalue weighted by Crippen LogP contribution is 2.24. The predicted octanol–water partition coefficient (Wildman–Crippen LogP) is 2.45. The van der Waals surface area contributed by atoms with E-state index in [1.54, 1.807) is 30.3 Å². The number of aryl methyl sites for hydroxylation is 1. The van der Waals surface area contributed by atoms with Crippen molar-refractivity contribution in [2.45, 2.75) is 25.7 Å². The number of carbonyl (C=O) groups excluding carboxylic acids is 1. The van der Waals surface area contributed by atoms with Crippen LogP contribution in [0.1, 0.15) is 34.6 Å². The van der Waals surface area contributed by atoms with Gasteiger partial charge in [0, 0.05) is 48.5 Å². The number of H-pyrrole nitrogens is 1. The first-order chi connectivity index (χ1) is 15.1. The Labute approximate surface area is 184 Å². The molecule has 0 unspecified atom stereocenters. The predicted molar refractivity (Wildman–Crippen MR) is 118 cm³/mol. The summed E-state index contributed by atoms with van der Waals surface area (Å²) in [6.07, 6.45) is 4.14. The number of carbonyl (C=O) groups is 1. The summed E-state index contributed by atoms with van der Waals surface area (Å²) in [7, 11) is 0. The van der Waals surface area contributed by atoms with Crippen LogP contribution in [0.15, 0.2) is 41.2 Å². The Morgan fingerprint density at radius 2 is 1.84 bits per heavy atom. The summed E-state index contributed by atoms with van der Waals surface area (Å²) in [5.41, 5.74) is 3.19. The van der Waals surface area contributed by atoms with Gasteiger partial charge in [-0.1, -0.05) is 17.7 Å². The van der Waals surface area contributed by atoms with E-state index in [9.17, 15) is 9.59 Å². The zero-order chi connectivity index (χ0) is 21.4. The van der Waals surface area contributed by atoms with E-state index in [1.165, 1.54) is 10.7 Å². The van der Waals surface area contributed by atoms with E-state index in [0.29, 0.717) is 48.4 Å². The fourth-order valence-corrected chi connectivity index (χ4v) is 4.49. The second kappa shape index (κ2) is 8.19. The van der Waals surface area contributed by atoms with Crippen LogP contribution >= 0.6 is 11.6 Å². The molecule has 2 aromatic heterocycles. The van der Waals surface area contributed by atoms with Crippen LogP contribution in [0.2, 0.25) is 5.02 Å². The number of nitrogens with one attached hydrogen (secondary N) is 1. The van der Waals surface area contributed by atoms with Gasteiger partial charge < -0.3 is 9.80 Å². The molecular formula is C22H23ClN6O2. The molecule has 1 saturated heterocycles. The molecule has 0 atom stereocenters. The normalized spacial score (nSPS) is 16.3. The van der Waals surface area contributed by atoms with E-state index >= 15 is 0 Å². The molecule has 31 heavy (non-hydrogen) atoms. The lowest BCUT2D eigenvalue weighted by Gasteiger charge is -2.35. The lowest BCUT2D eigenvalue weighted by molar-refractivity contribution is 0.0739.